The van der Waals surface area contributed by atoms with Crippen molar-refractivity contribution in [1.29, 1.82) is 0 Å². The zero-order chi connectivity index (χ0) is 18.2. The highest BCUT2D eigenvalue weighted by Gasteiger charge is 2.24. The predicted molar refractivity (Wildman–Crippen MR) is 103 cm³/mol. The molecular formula is C19H29ClN2O4. The number of halogens is 1. The van der Waals surface area contributed by atoms with Crippen molar-refractivity contribution in [1.82, 2.24) is 4.90 Å². The van der Waals surface area contributed by atoms with Crippen molar-refractivity contribution < 1.29 is 19.1 Å². The Labute approximate surface area is 161 Å². The molecule has 2 rings (SSSR count). The van der Waals surface area contributed by atoms with Crippen LogP contribution in [0.25, 0.3) is 0 Å². The minimum absolute atomic E-state index is 0. The molecule has 1 aliphatic rings. The minimum Gasteiger partial charge on any atom is -0.496 e. The van der Waals surface area contributed by atoms with Gasteiger partial charge in [0, 0.05) is 30.8 Å². The van der Waals surface area contributed by atoms with Gasteiger partial charge in [0.05, 0.1) is 19.6 Å². The first-order chi connectivity index (χ1) is 12.0. The summed E-state index contributed by atoms with van der Waals surface area (Å²) in [6.07, 6.45) is 3.02. The summed E-state index contributed by atoms with van der Waals surface area (Å²) in [5.74, 6) is 0.671. The van der Waals surface area contributed by atoms with E-state index in [1.807, 2.05) is 4.90 Å². The highest BCUT2D eigenvalue weighted by molar-refractivity contribution is 5.94. The lowest BCUT2D eigenvalue weighted by molar-refractivity contribution is -0.133. The molecule has 146 valence electrons. The van der Waals surface area contributed by atoms with Gasteiger partial charge < -0.3 is 20.1 Å². The Morgan fingerprint density at radius 1 is 1.27 bits per heavy atom. The molecule has 0 saturated carbocycles. The number of methoxy groups -OCH3 is 1. The lowest BCUT2D eigenvalue weighted by atomic mass is 10.0. The van der Waals surface area contributed by atoms with Gasteiger partial charge >= 0.3 is 0 Å². The number of piperidine rings is 1. The molecule has 0 spiro atoms. The summed E-state index contributed by atoms with van der Waals surface area (Å²) in [7, 11) is 1.57. The molecule has 1 aromatic carbocycles. The molecule has 0 aliphatic carbocycles. The fraction of sp³-hybridized carbons (Fsp3) is 0.579. The van der Waals surface area contributed by atoms with Crippen molar-refractivity contribution >= 4 is 24.1 Å². The first kappa shape index (κ1) is 22.4. The van der Waals surface area contributed by atoms with Crippen LogP contribution >= 0.6 is 12.4 Å². The quantitative estimate of drug-likeness (QED) is 0.549. The third kappa shape index (κ3) is 6.27. The highest BCUT2D eigenvalue weighted by atomic mass is 35.5. The van der Waals surface area contributed by atoms with Crippen LogP contribution in [-0.2, 0) is 16.0 Å². The molecule has 0 atom stereocenters. The fourth-order valence-electron chi connectivity index (χ4n) is 3.02. The standard InChI is InChI=1S/C19H28N2O4.ClH/c1-14(22)15-4-5-18(24-2)16(12-15)13-19(23)21-9-6-17(7-10-21)25-11-3-8-20;/h4-5,12,17H,3,6-11,13,20H2,1-2H3;1H. The van der Waals surface area contributed by atoms with Gasteiger partial charge in [0.1, 0.15) is 5.75 Å². The van der Waals surface area contributed by atoms with Crippen molar-refractivity contribution in [3.05, 3.63) is 29.3 Å². The van der Waals surface area contributed by atoms with Gasteiger partial charge in [-0.05, 0) is 50.9 Å². The third-order valence-electron chi connectivity index (χ3n) is 4.53. The average Bonchev–Trinajstić information content (AvgIpc) is 2.62. The molecule has 1 aliphatic heterocycles. The van der Waals surface area contributed by atoms with Crippen molar-refractivity contribution in [2.45, 2.75) is 38.7 Å². The highest BCUT2D eigenvalue weighted by Crippen LogP contribution is 2.22. The molecule has 1 saturated heterocycles. The maximum absolute atomic E-state index is 12.6. The summed E-state index contributed by atoms with van der Waals surface area (Å²) in [6.45, 7) is 4.23. The van der Waals surface area contributed by atoms with E-state index >= 15 is 0 Å². The average molecular weight is 385 g/mol. The van der Waals surface area contributed by atoms with Gasteiger partial charge in [0.25, 0.3) is 0 Å². The van der Waals surface area contributed by atoms with Gasteiger partial charge in [-0.3, -0.25) is 9.59 Å². The molecular weight excluding hydrogens is 356 g/mol. The second kappa shape index (κ2) is 11.2. The molecule has 1 heterocycles. The van der Waals surface area contributed by atoms with Crippen LogP contribution in [0.3, 0.4) is 0 Å². The number of ketones is 1. The molecule has 6 nitrogen and oxygen atoms in total. The lowest BCUT2D eigenvalue weighted by Gasteiger charge is -2.32. The summed E-state index contributed by atoms with van der Waals surface area (Å²) < 4.78 is 11.1. The molecule has 26 heavy (non-hydrogen) atoms. The number of carbonyl (C=O) groups is 2. The zero-order valence-corrected chi connectivity index (χ0v) is 16.3. The minimum atomic E-state index is -0.0215. The van der Waals surface area contributed by atoms with E-state index in [9.17, 15) is 9.59 Å². The maximum Gasteiger partial charge on any atom is 0.227 e. The number of likely N-dealkylation sites (tertiary alicyclic amines) is 1. The molecule has 7 heteroatoms. The van der Waals surface area contributed by atoms with Crippen molar-refractivity contribution in [3.8, 4) is 5.75 Å². The number of ether oxygens (including phenoxy) is 2. The molecule has 0 bridgehead atoms. The first-order valence-corrected chi connectivity index (χ1v) is 8.82. The van der Waals surface area contributed by atoms with E-state index in [1.54, 1.807) is 25.3 Å². The van der Waals surface area contributed by atoms with E-state index in [0.29, 0.717) is 37.6 Å². The van der Waals surface area contributed by atoms with Crippen molar-refractivity contribution in [2.75, 3.05) is 33.4 Å². The fourth-order valence-corrected chi connectivity index (χ4v) is 3.02. The van der Waals surface area contributed by atoms with Crippen LogP contribution in [0.1, 0.15) is 42.1 Å². The van der Waals surface area contributed by atoms with Crippen LogP contribution in [0.5, 0.6) is 5.75 Å². The molecule has 1 fully saturated rings. The van der Waals surface area contributed by atoms with E-state index < -0.39 is 0 Å². The Balaban J connectivity index is 0.00000338. The van der Waals surface area contributed by atoms with Crippen LogP contribution in [-0.4, -0.2) is 56.0 Å². The van der Waals surface area contributed by atoms with Gasteiger partial charge in [-0.1, -0.05) is 0 Å². The number of nitrogens with two attached hydrogens (primary N) is 1. The Hall–Kier alpha value is -1.63. The number of benzene rings is 1. The zero-order valence-electron chi connectivity index (χ0n) is 15.5. The van der Waals surface area contributed by atoms with Crippen molar-refractivity contribution in [3.63, 3.8) is 0 Å². The molecule has 1 amide bonds. The maximum atomic E-state index is 12.6. The summed E-state index contributed by atoms with van der Waals surface area (Å²) in [5, 5.41) is 0. The first-order valence-electron chi connectivity index (χ1n) is 8.82. The number of rotatable bonds is 8. The number of amides is 1. The van der Waals surface area contributed by atoms with Crippen molar-refractivity contribution in [2.24, 2.45) is 5.73 Å². The van der Waals surface area contributed by atoms with E-state index in [-0.39, 0.29) is 36.6 Å². The molecule has 0 aromatic heterocycles. The van der Waals surface area contributed by atoms with Crippen LogP contribution in [0.15, 0.2) is 18.2 Å². The molecule has 0 unspecified atom stereocenters. The normalized spacial score (nSPS) is 14.7. The summed E-state index contributed by atoms with van der Waals surface area (Å²) in [6, 6.07) is 5.22. The van der Waals surface area contributed by atoms with Crippen LogP contribution in [0, 0.1) is 0 Å². The smallest absolute Gasteiger partial charge is 0.227 e. The van der Waals surface area contributed by atoms with E-state index in [0.717, 1.165) is 24.8 Å². The summed E-state index contributed by atoms with van der Waals surface area (Å²) in [5.41, 5.74) is 6.81. The monoisotopic (exact) mass is 384 g/mol. The second-order valence-corrected chi connectivity index (χ2v) is 6.35. The number of nitrogens with zero attached hydrogens (tertiary/aromatic N) is 1. The van der Waals surface area contributed by atoms with Gasteiger partial charge in [-0.25, -0.2) is 0 Å². The number of hydrogen-bond acceptors (Lipinski definition) is 5. The van der Waals surface area contributed by atoms with E-state index in [1.165, 1.54) is 6.92 Å². The number of carbonyl (C=O) groups excluding carboxylic acids is 2. The number of Topliss-reactive ketones (excluding diaryl/α,β-unsaturated/α-hetero) is 1. The number of hydrogen-bond donors (Lipinski definition) is 1. The largest absolute Gasteiger partial charge is 0.496 e. The van der Waals surface area contributed by atoms with Crippen LogP contribution in [0.2, 0.25) is 0 Å². The van der Waals surface area contributed by atoms with Gasteiger partial charge in [-0.15, -0.1) is 12.4 Å². The van der Waals surface area contributed by atoms with Gasteiger partial charge in [0.2, 0.25) is 5.91 Å². The van der Waals surface area contributed by atoms with Gasteiger partial charge in [0.15, 0.2) is 5.78 Å². The second-order valence-electron chi connectivity index (χ2n) is 6.35. The van der Waals surface area contributed by atoms with Crippen LogP contribution < -0.4 is 10.5 Å². The predicted octanol–water partition coefficient (Wildman–Crippen LogP) is 2.22. The third-order valence-corrected chi connectivity index (χ3v) is 4.53. The van der Waals surface area contributed by atoms with E-state index in [2.05, 4.69) is 0 Å². The molecule has 0 radical (unpaired) electrons. The Morgan fingerprint density at radius 3 is 2.54 bits per heavy atom. The topological polar surface area (TPSA) is 81.9 Å². The summed E-state index contributed by atoms with van der Waals surface area (Å²) >= 11 is 0. The van der Waals surface area contributed by atoms with Gasteiger partial charge in [-0.2, -0.15) is 0 Å². The summed E-state index contributed by atoms with van der Waals surface area (Å²) in [4.78, 5) is 26.0. The SMILES string of the molecule is COc1ccc(C(C)=O)cc1CC(=O)N1CCC(OCCCN)CC1.Cl. The Bertz CT molecular complexity index is 601. The molecule has 1 aromatic rings. The molecule has 2 N–H and O–H groups in total. The Morgan fingerprint density at radius 2 is 1.96 bits per heavy atom. The Kier molecular flexibility index (Phi) is 9.62. The lowest BCUT2D eigenvalue weighted by Crippen LogP contribution is -2.41. The van der Waals surface area contributed by atoms with E-state index in [4.69, 9.17) is 15.2 Å². The van der Waals surface area contributed by atoms with Crippen LogP contribution in [0.4, 0.5) is 0 Å².